The van der Waals surface area contributed by atoms with Crippen LogP contribution in [0.1, 0.15) is 68.3 Å². The normalized spacial score (nSPS) is 33.2. The molecule has 1 heterocycles. The predicted octanol–water partition coefficient (Wildman–Crippen LogP) is 4.40. The second-order valence-corrected chi connectivity index (χ2v) is 8.12. The third-order valence-electron chi connectivity index (χ3n) is 6.33. The minimum absolute atomic E-state index is 0.0212. The van der Waals surface area contributed by atoms with Crippen LogP contribution in [0.3, 0.4) is 0 Å². The zero-order valence-corrected chi connectivity index (χ0v) is 16.4. The van der Waals surface area contributed by atoms with E-state index in [1.165, 1.54) is 6.08 Å². The second-order valence-electron chi connectivity index (χ2n) is 8.12. The highest BCUT2D eigenvalue weighted by molar-refractivity contribution is 5.99. The minimum atomic E-state index is -0.457. The lowest BCUT2D eigenvalue weighted by Gasteiger charge is -2.53. The number of hydrogen-bond acceptors (Lipinski definition) is 5. The maximum Gasteiger partial charge on any atom is 0.330 e. The van der Waals surface area contributed by atoms with Crippen LogP contribution in [-0.2, 0) is 14.3 Å². The number of rotatable bonds is 3. The lowest BCUT2D eigenvalue weighted by Crippen LogP contribution is -2.54. The monoisotopic (exact) mass is 360 g/mol. The van der Waals surface area contributed by atoms with Crippen molar-refractivity contribution in [2.24, 2.45) is 17.3 Å². The standard InChI is InChI=1S/C21H28O5/c1-11(2)9-16(22)26-15-8-7-14-18(23)19-17(12(3)10-25-19)20(24-6)21(14,5)13(15)4/h9-10,13-15,20H,7-8H2,1-6H3. The zero-order valence-electron chi connectivity index (χ0n) is 16.4. The van der Waals surface area contributed by atoms with Crippen LogP contribution in [0, 0.1) is 24.2 Å². The third-order valence-corrected chi connectivity index (χ3v) is 6.33. The minimum Gasteiger partial charge on any atom is -0.461 e. The lowest BCUT2D eigenvalue weighted by atomic mass is 9.53. The number of Topliss-reactive ketones (excluding diaryl/α,β-unsaturated/α-hetero) is 1. The van der Waals surface area contributed by atoms with Gasteiger partial charge in [0.15, 0.2) is 5.76 Å². The van der Waals surface area contributed by atoms with E-state index in [1.807, 2.05) is 20.8 Å². The van der Waals surface area contributed by atoms with Gasteiger partial charge in [0, 0.05) is 36.0 Å². The van der Waals surface area contributed by atoms with E-state index in [0.29, 0.717) is 18.6 Å². The average molecular weight is 360 g/mol. The maximum absolute atomic E-state index is 13.1. The summed E-state index contributed by atoms with van der Waals surface area (Å²) in [4.78, 5) is 25.2. The van der Waals surface area contributed by atoms with E-state index < -0.39 is 5.41 Å². The molecule has 0 radical (unpaired) electrons. The number of ketones is 1. The van der Waals surface area contributed by atoms with Crippen LogP contribution in [0.25, 0.3) is 0 Å². The summed E-state index contributed by atoms with van der Waals surface area (Å²) in [7, 11) is 1.67. The first-order valence-electron chi connectivity index (χ1n) is 9.22. The summed E-state index contributed by atoms with van der Waals surface area (Å²) in [6.45, 7) is 9.82. The van der Waals surface area contributed by atoms with Crippen molar-refractivity contribution in [3.05, 3.63) is 34.8 Å². The van der Waals surface area contributed by atoms with Gasteiger partial charge < -0.3 is 13.9 Å². The van der Waals surface area contributed by atoms with Crippen LogP contribution in [0.15, 0.2) is 22.3 Å². The Labute approximate surface area is 154 Å². The van der Waals surface area contributed by atoms with Crippen LogP contribution in [0.4, 0.5) is 0 Å². The summed E-state index contributed by atoms with van der Waals surface area (Å²) in [6, 6.07) is 0. The SMILES string of the molecule is COC1c2c(C)coc2C(=O)C2CCC(OC(=O)C=C(C)C)C(C)C21C. The van der Waals surface area contributed by atoms with Crippen molar-refractivity contribution < 1.29 is 23.5 Å². The molecule has 0 spiro atoms. The Hall–Kier alpha value is -1.88. The first-order valence-corrected chi connectivity index (χ1v) is 9.22. The van der Waals surface area contributed by atoms with Gasteiger partial charge in [-0.25, -0.2) is 4.79 Å². The van der Waals surface area contributed by atoms with Crippen molar-refractivity contribution in [3.63, 3.8) is 0 Å². The molecule has 0 aliphatic heterocycles. The highest BCUT2D eigenvalue weighted by Gasteiger charge is 2.59. The van der Waals surface area contributed by atoms with Crippen LogP contribution >= 0.6 is 0 Å². The fraction of sp³-hybridized carbons (Fsp3) is 0.619. The van der Waals surface area contributed by atoms with Gasteiger partial charge >= 0.3 is 5.97 Å². The summed E-state index contributed by atoms with van der Waals surface area (Å²) in [6.07, 6.45) is 3.97. The molecular weight excluding hydrogens is 332 g/mol. The Morgan fingerprint density at radius 3 is 2.65 bits per heavy atom. The molecule has 0 aromatic carbocycles. The van der Waals surface area contributed by atoms with Crippen LogP contribution in [-0.4, -0.2) is 25.0 Å². The summed E-state index contributed by atoms with van der Waals surface area (Å²) < 4.78 is 17.2. The quantitative estimate of drug-likeness (QED) is 0.590. The van der Waals surface area contributed by atoms with E-state index in [9.17, 15) is 9.59 Å². The van der Waals surface area contributed by atoms with Gasteiger partial charge in [-0.3, -0.25) is 4.79 Å². The average Bonchev–Trinajstić information content (AvgIpc) is 2.93. The summed E-state index contributed by atoms with van der Waals surface area (Å²) in [5.74, 6) is -0.0555. The number of esters is 1. The van der Waals surface area contributed by atoms with E-state index >= 15 is 0 Å². The number of methoxy groups -OCH3 is 1. The number of ether oxygens (including phenoxy) is 2. The third kappa shape index (κ3) is 2.73. The van der Waals surface area contributed by atoms with Crippen LogP contribution < -0.4 is 0 Å². The molecule has 2 aliphatic rings. The molecule has 0 bridgehead atoms. The molecule has 3 rings (SSSR count). The first kappa shape index (κ1) is 18.9. The van der Waals surface area contributed by atoms with Gasteiger partial charge in [0.05, 0.1) is 12.4 Å². The molecule has 5 atom stereocenters. The van der Waals surface area contributed by atoms with Crippen molar-refractivity contribution in [2.75, 3.05) is 7.11 Å². The van der Waals surface area contributed by atoms with E-state index in [1.54, 1.807) is 13.4 Å². The number of hydrogen-bond donors (Lipinski definition) is 0. The van der Waals surface area contributed by atoms with Crippen molar-refractivity contribution in [1.29, 1.82) is 0 Å². The molecule has 2 aliphatic carbocycles. The molecule has 5 heteroatoms. The molecule has 1 aromatic rings. The second kappa shape index (κ2) is 6.69. The number of allylic oxidation sites excluding steroid dienone is 1. The predicted molar refractivity (Wildman–Crippen MR) is 96.8 cm³/mol. The Bertz CT molecular complexity index is 754. The Morgan fingerprint density at radius 1 is 1.35 bits per heavy atom. The summed E-state index contributed by atoms with van der Waals surface area (Å²) in [5.41, 5.74) is 2.22. The Morgan fingerprint density at radius 2 is 2.04 bits per heavy atom. The van der Waals surface area contributed by atoms with E-state index in [-0.39, 0.29) is 35.8 Å². The van der Waals surface area contributed by atoms with Gasteiger partial charge in [-0.2, -0.15) is 0 Å². The van der Waals surface area contributed by atoms with E-state index in [4.69, 9.17) is 13.9 Å². The molecule has 0 saturated heterocycles. The zero-order chi connectivity index (χ0) is 19.2. The topological polar surface area (TPSA) is 65.7 Å². The molecule has 142 valence electrons. The Kier molecular flexibility index (Phi) is 4.86. The Balaban J connectivity index is 1.98. The molecule has 1 fully saturated rings. The number of fused-ring (bicyclic) bond motifs is 2. The smallest absolute Gasteiger partial charge is 0.330 e. The van der Waals surface area contributed by atoms with Crippen molar-refractivity contribution in [3.8, 4) is 0 Å². The summed E-state index contributed by atoms with van der Waals surface area (Å²) in [5, 5.41) is 0. The molecule has 5 nitrogen and oxygen atoms in total. The van der Waals surface area contributed by atoms with E-state index in [0.717, 1.165) is 16.7 Å². The highest BCUT2D eigenvalue weighted by Crippen LogP contribution is 2.59. The van der Waals surface area contributed by atoms with Crippen molar-refractivity contribution in [2.45, 2.75) is 59.7 Å². The fourth-order valence-electron chi connectivity index (χ4n) is 4.84. The summed E-state index contributed by atoms with van der Waals surface area (Å²) >= 11 is 0. The van der Waals surface area contributed by atoms with Crippen molar-refractivity contribution in [1.82, 2.24) is 0 Å². The molecular formula is C21H28O5. The number of aryl methyl sites for hydroxylation is 1. The highest BCUT2D eigenvalue weighted by atomic mass is 16.5. The molecule has 1 saturated carbocycles. The van der Waals surface area contributed by atoms with Gasteiger partial charge in [-0.05, 0) is 39.2 Å². The molecule has 26 heavy (non-hydrogen) atoms. The number of furan rings is 1. The van der Waals surface area contributed by atoms with Crippen LogP contribution in [0.5, 0.6) is 0 Å². The van der Waals surface area contributed by atoms with Gasteiger partial charge in [0.25, 0.3) is 0 Å². The number of carbonyl (C=O) groups is 2. The van der Waals surface area contributed by atoms with Gasteiger partial charge in [-0.1, -0.05) is 19.4 Å². The largest absolute Gasteiger partial charge is 0.461 e. The lowest BCUT2D eigenvalue weighted by molar-refractivity contribution is -0.165. The maximum atomic E-state index is 13.1. The van der Waals surface area contributed by atoms with Gasteiger partial charge in [-0.15, -0.1) is 0 Å². The van der Waals surface area contributed by atoms with Crippen LogP contribution in [0.2, 0.25) is 0 Å². The molecule has 0 amide bonds. The molecule has 5 unspecified atom stereocenters. The molecule has 0 N–H and O–H groups in total. The molecule has 1 aromatic heterocycles. The van der Waals surface area contributed by atoms with Crippen molar-refractivity contribution >= 4 is 11.8 Å². The first-order chi connectivity index (χ1) is 12.2. The van der Waals surface area contributed by atoms with Gasteiger partial charge in [0.2, 0.25) is 5.78 Å². The number of carbonyl (C=O) groups excluding carboxylic acids is 2. The van der Waals surface area contributed by atoms with Gasteiger partial charge in [0.1, 0.15) is 6.10 Å². The fourth-order valence-corrected chi connectivity index (χ4v) is 4.84. The van der Waals surface area contributed by atoms with E-state index in [2.05, 4.69) is 13.8 Å².